The van der Waals surface area contributed by atoms with E-state index in [0.717, 1.165) is 0 Å². The van der Waals surface area contributed by atoms with Gasteiger partial charge in [-0.2, -0.15) is 4.72 Å². The lowest BCUT2D eigenvalue weighted by Crippen LogP contribution is -2.37. The van der Waals surface area contributed by atoms with Crippen LogP contribution >= 0.6 is 0 Å². The molecule has 0 fully saturated rings. The first-order valence-electron chi connectivity index (χ1n) is 6.12. The van der Waals surface area contributed by atoms with E-state index in [9.17, 15) is 13.2 Å². The molecule has 7 nitrogen and oxygen atoms in total. The molecular weight excluding hydrogens is 294 g/mol. The van der Waals surface area contributed by atoms with Crippen LogP contribution in [0, 0.1) is 13.8 Å². The Labute approximate surface area is 122 Å². The number of benzene rings is 1. The summed E-state index contributed by atoms with van der Waals surface area (Å²) in [6.45, 7) is 2.99. The molecule has 0 spiro atoms. The minimum atomic E-state index is -3.98. The standard InChI is InChI=1S/C13H15N3O4S/c1-8-12(9(2)20-15-8)21(18,19)16-11(13(14)17)10-6-4-3-5-7-10/h3-7,11,16H,1-2H3,(H2,14,17)/t11-/m1/s1. The second kappa shape index (κ2) is 5.66. The molecule has 2 rings (SSSR count). The molecule has 0 unspecified atom stereocenters. The van der Waals surface area contributed by atoms with Gasteiger partial charge in [0.1, 0.15) is 16.6 Å². The molecule has 0 saturated carbocycles. The van der Waals surface area contributed by atoms with Gasteiger partial charge in [0.2, 0.25) is 15.9 Å². The Morgan fingerprint density at radius 1 is 1.29 bits per heavy atom. The van der Waals surface area contributed by atoms with Crippen molar-refractivity contribution in [3.63, 3.8) is 0 Å². The van der Waals surface area contributed by atoms with E-state index in [4.69, 9.17) is 10.3 Å². The molecule has 1 heterocycles. The van der Waals surface area contributed by atoms with E-state index in [1.54, 1.807) is 30.3 Å². The van der Waals surface area contributed by atoms with Crippen LogP contribution < -0.4 is 10.5 Å². The van der Waals surface area contributed by atoms with Crippen molar-refractivity contribution in [3.8, 4) is 0 Å². The van der Waals surface area contributed by atoms with Crippen LogP contribution in [0.3, 0.4) is 0 Å². The molecule has 0 bridgehead atoms. The van der Waals surface area contributed by atoms with Crippen molar-refractivity contribution in [1.29, 1.82) is 0 Å². The number of carbonyl (C=O) groups excluding carboxylic acids is 1. The second-order valence-corrected chi connectivity index (χ2v) is 6.17. The molecule has 0 radical (unpaired) electrons. The average molecular weight is 309 g/mol. The Balaban J connectivity index is 2.40. The van der Waals surface area contributed by atoms with Crippen molar-refractivity contribution in [2.45, 2.75) is 24.8 Å². The largest absolute Gasteiger partial charge is 0.368 e. The zero-order valence-corrected chi connectivity index (χ0v) is 12.3. The van der Waals surface area contributed by atoms with E-state index in [0.29, 0.717) is 5.56 Å². The molecular formula is C13H15N3O4S. The molecule has 0 saturated heterocycles. The molecule has 1 amide bonds. The summed E-state index contributed by atoms with van der Waals surface area (Å²) in [5, 5.41) is 3.60. The van der Waals surface area contributed by atoms with Gasteiger partial charge in [0.25, 0.3) is 0 Å². The number of sulfonamides is 1. The summed E-state index contributed by atoms with van der Waals surface area (Å²) < 4.78 is 31.9. The predicted molar refractivity (Wildman–Crippen MR) is 74.7 cm³/mol. The van der Waals surface area contributed by atoms with Crippen molar-refractivity contribution < 1.29 is 17.7 Å². The number of hydrogen-bond acceptors (Lipinski definition) is 5. The number of rotatable bonds is 5. The summed E-state index contributed by atoms with van der Waals surface area (Å²) in [6, 6.07) is 7.20. The van der Waals surface area contributed by atoms with E-state index < -0.39 is 22.0 Å². The van der Waals surface area contributed by atoms with E-state index in [1.807, 2.05) is 0 Å². The molecule has 1 atom stereocenters. The summed E-state index contributed by atoms with van der Waals surface area (Å²) in [6.07, 6.45) is 0. The highest BCUT2D eigenvalue weighted by Crippen LogP contribution is 2.22. The Bertz CT molecular complexity index is 733. The molecule has 112 valence electrons. The molecule has 0 aliphatic heterocycles. The van der Waals surface area contributed by atoms with Crippen LogP contribution in [0.25, 0.3) is 0 Å². The van der Waals surface area contributed by atoms with Crippen LogP contribution in [0.1, 0.15) is 23.1 Å². The van der Waals surface area contributed by atoms with Gasteiger partial charge in [0, 0.05) is 0 Å². The number of amides is 1. The van der Waals surface area contributed by atoms with Gasteiger partial charge in [-0.15, -0.1) is 0 Å². The van der Waals surface area contributed by atoms with Crippen molar-refractivity contribution in [2.75, 3.05) is 0 Å². The Hall–Kier alpha value is -2.19. The minimum Gasteiger partial charge on any atom is -0.368 e. The molecule has 2 aromatic rings. The Morgan fingerprint density at radius 3 is 2.38 bits per heavy atom. The van der Waals surface area contributed by atoms with Crippen LogP contribution in [-0.2, 0) is 14.8 Å². The molecule has 1 aromatic heterocycles. The molecule has 0 aliphatic carbocycles. The summed E-state index contributed by atoms with van der Waals surface area (Å²) in [5.41, 5.74) is 5.98. The fourth-order valence-electron chi connectivity index (χ4n) is 2.01. The molecule has 8 heteroatoms. The first-order valence-corrected chi connectivity index (χ1v) is 7.60. The maximum Gasteiger partial charge on any atom is 0.247 e. The minimum absolute atomic E-state index is 0.0790. The van der Waals surface area contributed by atoms with Gasteiger partial charge in [0.15, 0.2) is 5.76 Å². The van der Waals surface area contributed by atoms with Gasteiger partial charge in [-0.3, -0.25) is 4.79 Å². The highest BCUT2D eigenvalue weighted by atomic mass is 32.2. The van der Waals surface area contributed by atoms with Crippen LogP contribution in [0.2, 0.25) is 0 Å². The maximum atomic E-state index is 12.4. The van der Waals surface area contributed by atoms with Gasteiger partial charge in [-0.05, 0) is 19.4 Å². The molecule has 1 aromatic carbocycles. The molecule has 21 heavy (non-hydrogen) atoms. The van der Waals surface area contributed by atoms with Gasteiger partial charge >= 0.3 is 0 Å². The number of nitrogens with one attached hydrogen (secondary N) is 1. The number of nitrogens with two attached hydrogens (primary N) is 1. The number of carbonyl (C=O) groups is 1. The Kier molecular flexibility index (Phi) is 4.10. The van der Waals surface area contributed by atoms with E-state index >= 15 is 0 Å². The zero-order valence-electron chi connectivity index (χ0n) is 11.5. The summed E-state index contributed by atoms with van der Waals surface area (Å²) >= 11 is 0. The number of primary amides is 1. The van der Waals surface area contributed by atoms with Gasteiger partial charge < -0.3 is 10.3 Å². The predicted octanol–water partition coefficient (Wildman–Crippen LogP) is 0.796. The first kappa shape index (κ1) is 15.2. The van der Waals surface area contributed by atoms with E-state index in [-0.39, 0.29) is 16.3 Å². The van der Waals surface area contributed by atoms with Crippen molar-refractivity contribution >= 4 is 15.9 Å². The van der Waals surface area contributed by atoms with Gasteiger partial charge in [0.05, 0.1) is 0 Å². The smallest absolute Gasteiger partial charge is 0.247 e. The highest BCUT2D eigenvalue weighted by molar-refractivity contribution is 7.89. The third kappa shape index (κ3) is 3.11. The molecule has 0 aliphatic rings. The third-order valence-corrected chi connectivity index (χ3v) is 4.59. The van der Waals surface area contributed by atoms with Crippen molar-refractivity contribution in [3.05, 3.63) is 47.3 Å². The lowest BCUT2D eigenvalue weighted by atomic mass is 10.1. The summed E-state index contributed by atoms with van der Waals surface area (Å²) in [7, 11) is -3.98. The van der Waals surface area contributed by atoms with E-state index in [2.05, 4.69) is 9.88 Å². The summed E-state index contributed by atoms with van der Waals surface area (Å²) in [4.78, 5) is 11.5. The van der Waals surface area contributed by atoms with Crippen LogP contribution in [0.4, 0.5) is 0 Å². The SMILES string of the molecule is Cc1noc(C)c1S(=O)(=O)N[C@@H](C(N)=O)c1ccccc1. The average Bonchev–Trinajstić information content (AvgIpc) is 2.77. The second-order valence-electron chi connectivity index (χ2n) is 4.52. The maximum absolute atomic E-state index is 12.4. The zero-order chi connectivity index (χ0) is 15.6. The normalized spacial score (nSPS) is 13.0. The van der Waals surface area contributed by atoms with Crippen LogP contribution in [-0.4, -0.2) is 19.5 Å². The fraction of sp³-hybridized carbons (Fsp3) is 0.231. The van der Waals surface area contributed by atoms with E-state index in [1.165, 1.54) is 13.8 Å². The van der Waals surface area contributed by atoms with Crippen LogP contribution in [0.5, 0.6) is 0 Å². The van der Waals surface area contributed by atoms with Crippen LogP contribution in [0.15, 0.2) is 39.8 Å². The van der Waals surface area contributed by atoms with Crippen molar-refractivity contribution in [2.24, 2.45) is 5.73 Å². The molecule has 3 N–H and O–H groups in total. The quantitative estimate of drug-likeness (QED) is 0.847. The van der Waals surface area contributed by atoms with Gasteiger partial charge in [-0.1, -0.05) is 35.5 Å². The third-order valence-electron chi connectivity index (χ3n) is 2.93. The van der Waals surface area contributed by atoms with Gasteiger partial charge in [-0.25, -0.2) is 8.42 Å². The lowest BCUT2D eigenvalue weighted by molar-refractivity contribution is -0.119. The summed E-state index contributed by atoms with van der Waals surface area (Å²) in [5.74, 6) is -0.646. The first-order chi connectivity index (χ1) is 9.83. The number of aryl methyl sites for hydroxylation is 2. The number of hydrogen-bond donors (Lipinski definition) is 2. The monoisotopic (exact) mass is 309 g/mol. The highest BCUT2D eigenvalue weighted by Gasteiger charge is 2.30. The number of nitrogens with zero attached hydrogens (tertiary/aromatic N) is 1. The number of aromatic nitrogens is 1. The fourth-order valence-corrected chi connectivity index (χ4v) is 3.53. The Morgan fingerprint density at radius 2 is 1.90 bits per heavy atom. The lowest BCUT2D eigenvalue weighted by Gasteiger charge is -2.15. The topological polar surface area (TPSA) is 115 Å². The van der Waals surface area contributed by atoms with Crippen molar-refractivity contribution in [1.82, 2.24) is 9.88 Å².